The summed E-state index contributed by atoms with van der Waals surface area (Å²) in [4.78, 5) is 24.7. The molecular weight excluding hydrogens is 428 g/mol. The molecule has 1 aromatic heterocycles. The van der Waals surface area contributed by atoms with E-state index in [1.165, 1.54) is 39.9 Å². The Morgan fingerprint density at radius 3 is 2.57 bits per heavy atom. The largest absolute Gasteiger partial charge is 0.452 e. The van der Waals surface area contributed by atoms with Crippen molar-refractivity contribution in [3.05, 3.63) is 58.3 Å². The van der Waals surface area contributed by atoms with E-state index in [0.29, 0.717) is 38.4 Å². The Labute approximate surface area is 179 Å². The summed E-state index contributed by atoms with van der Waals surface area (Å²) in [6.45, 7) is 1.45. The molecule has 1 N–H and O–H groups in total. The Hall–Kier alpha value is -2.53. The fraction of sp³-hybridized carbons (Fsp3) is 0.300. The number of benzene rings is 1. The summed E-state index contributed by atoms with van der Waals surface area (Å²) in [5.41, 5.74) is 0.634. The third-order valence-electron chi connectivity index (χ3n) is 4.29. The van der Waals surface area contributed by atoms with Crippen LogP contribution in [0.15, 0.2) is 52.7 Å². The number of amides is 1. The number of rotatable bonds is 8. The zero-order chi connectivity index (χ0) is 21.4. The Morgan fingerprint density at radius 1 is 1.17 bits per heavy atom. The molecule has 0 radical (unpaired) electrons. The van der Waals surface area contributed by atoms with E-state index in [0.717, 1.165) is 4.88 Å². The number of ether oxygens (including phenoxy) is 2. The van der Waals surface area contributed by atoms with Gasteiger partial charge >= 0.3 is 5.97 Å². The van der Waals surface area contributed by atoms with Gasteiger partial charge in [-0.05, 0) is 35.2 Å². The van der Waals surface area contributed by atoms with Crippen LogP contribution < -0.4 is 5.32 Å². The van der Waals surface area contributed by atoms with Crippen molar-refractivity contribution in [1.29, 1.82) is 0 Å². The van der Waals surface area contributed by atoms with Gasteiger partial charge in [0, 0.05) is 24.0 Å². The maximum atomic E-state index is 12.6. The van der Waals surface area contributed by atoms with Gasteiger partial charge in [0.2, 0.25) is 10.0 Å². The molecule has 1 aliphatic rings. The maximum absolute atomic E-state index is 12.6. The van der Waals surface area contributed by atoms with E-state index in [4.69, 9.17) is 9.47 Å². The van der Waals surface area contributed by atoms with E-state index in [-0.39, 0.29) is 17.4 Å². The number of morpholine rings is 1. The minimum Gasteiger partial charge on any atom is -0.452 e. The molecule has 1 saturated heterocycles. The first kappa shape index (κ1) is 22.2. The third-order valence-corrected chi connectivity index (χ3v) is 7.07. The van der Waals surface area contributed by atoms with E-state index >= 15 is 0 Å². The lowest BCUT2D eigenvalue weighted by molar-refractivity contribution is -0.143. The predicted molar refractivity (Wildman–Crippen MR) is 112 cm³/mol. The highest BCUT2D eigenvalue weighted by Gasteiger charge is 2.25. The van der Waals surface area contributed by atoms with Gasteiger partial charge in [0.05, 0.1) is 24.7 Å². The highest BCUT2D eigenvalue weighted by molar-refractivity contribution is 7.89. The van der Waals surface area contributed by atoms with E-state index in [9.17, 15) is 18.0 Å². The van der Waals surface area contributed by atoms with Crippen molar-refractivity contribution in [2.45, 2.75) is 11.4 Å². The topological polar surface area (TPSA) is 102 Å². The van der Waals surface area contributed by atoms with Crippen LogP contribution in [0, 0.1) is 0 Å². The number of esters is 1. The average Bonchev–Trinajstić information content (AvgIpc) is 3.29. The van der Waals surface area contributed by atoms with Gasteiger partial charge in [-0.2, -0.15) is 4.31 Å². The Morgan fingerprint density at radius 2 is 1.90 bits per heavy atom. The van der Waals surface area contributed by atoms with Crippen LogP contribution in [0.1, 0.15) is 10.4 Å². The molecule has 0 unspecified atom stereocenters. The highest BCUT2D eigenvalue weighted by atomic mass is 32.2. The van der Waals surface area contributed by atoms with Crippen molar-refractivity contribution in [3.8, 4) is 0 Å². The van der Waals surface area contributed by atoms with Crippen LogP contribution in [0.3, 0.4) is 0 Å². The number of hydrogen-bond acceptors (Lipinski definition) is 7. The standard InChI is InChI=1S/C20H22N2O6S2/c23-19(21-14-17-2-1-13-29-17)15-28-20(24)8-5-16-3-6-18(7-4-16)30(25,26)22-9-11-27-12-10-22/h1-8,13H,9-12,14-15H2,(H,21,23). The molecule has 0 atom stereocenters. The second-order valence-corrected chi connectivity index (χ2v) is 9.35. The minimum absolute atomic E-state index is 0.187. The normalized spacial score (nSPS) is 15.2. The van der Waals surface area contributed by atoms with Crippen molar-refractivity contribution < 1.29 is 27.5 Å². The molecule has 0 spiro atoms. The van der Waals surface area contributed by atoms with Crippen LogP contribution in [-0.2, 0) is 35.6 Å². The van der Waals surface area contributed by atoms with Crippen molar-refractivity contribution in [2.75, 3.05) is 32.9 Å². The quantitative estimate of drug-likeness (QED) is 0.485. The lowest BCUT2D eigenvalue weighted by atomic mass is 10.2. The van der Waals surface area contributed by atoms with Crippen molar-refractivity contribution in [3.63, 3.8) is 0 Å². The molecule has 10 heteroatoms. The molecule has 0 bridgehead atoms. The second-order valence-electron chi connectivity index (χ2n) is 6.38. The number of nitrogens with one attached hydrogen (secondary N) is 1. The Kier molecular flexibility index (Phi) is 7.75. The lowest BCUT2D eigenvalue weighted by Crippen LogP contribution is -2.40. The van der Waals surface area contributed by atoms with Gasteiger partial charge in [-0.25, -0.2) is 13.2 Å². The molecule has 0 aliphatic carbocycles. The first-order chi connectivity index (χ1) is 14.4. The fourth-order valence-electron chi connectivity index (χ4n) is 2.69. The number of sulfonamides is 1. The van der Waals surface area contributed by atoms with E-state index in [2.05, 4.69) is 5.32 Å². The van der Waals surface area contributed by atoms with Gasteiger partial charge in [-0.3, -0.25) is 4.79 Å². The molecule has 30 heavy (non-hydrogen) atoms. The molecule has 2 aromatic rings. The SMILES string of the molecule is O=C(COC(=O)C=Cc1ccc(S(=O)(=O)N2CCOCC2)cc1)NCc1cccs1. The van der Waals surface area contributed by atoms with Crippen LogP contribution in [-0.4, -0.2) is 57.5 Å². The van der Waals surface area contributed by atoms with Gasteiger partial charge in [-0.1, -0.05) is 18.2 Å². The van der Waals surface area contributed by atoms with Gasteiger partial charge in [-0.15, -0.1) is 11.3 Å². The maximum Gasteiger partial charge on any atom is 0.331 e. The van der Waals surface area contributed by atoms with Crippen LogP contribution >= 0.6 is 11.3 Å². The van der Waals surface area contributed by atoms with Crippen molar-refractivity contribution in [2.24, 2.45) is 0 Å². The molecule has 0 saturated carbocycles. The monoisotopic (exact) mass is 450 g/mol. The van der Waals surface area contributed by atoms with Crippen LogP contribution in [0.5, 0.6) is 0 Å². The van der Waals surface area contributed by atoms with Gasteiger partial charge in [0.25, 0.3) is 5.91 Å². The summed E-state index contributed by atoms with van der Waals surface area (Å²) in [6, 6.07) is 9.98. The molecule has 8 nitrogen and oxygen atoms in total. The second kappa shape index (κ2) is 10.5. The molecule has 1 aromatic carbocycles. The molecule has 1 fully saturated rings. The molecular formula is C20H22N2O6S2. The van der Waals surface area contributed by atoms with Crippen LogP contribution in [0.4, 0.5) is 0 Å². The van der Waals surface area contributed by atoms with Crippen molar-refractivity contribution >= 4 is 39.3 Å². The first-order valence-electron chi connectivity index (χ1n) is 9.27. The van der Waals surface area contributed by atoms with Gasteiger partial charge < -0.3 is 14.8 Å². The number of thiophene rings is 1. The zero-order valence-electron chi connectivity index (χ0n) is 16.2. The van der Waals surface area contributed by atoms with Gasteiger partial charge in [0.1, 0.15) is 0 Å². The number of carbonyl (C=O) groups excluding carboxylic acids is 2. The van der Waals surface area contributed by atoms with Crippen LogP contribution in [0.2, 0.25) is 0 Å². The minimum atomic E-state index is -3.56. The molecule has 3 rings (SSSR count). The van der Waals surface area contributed by atoms with E-state index < -0.39 is 16.0 Å². The van der Waals surface area contributed by atoms with E-state index in [1.54, 1.807) is 12.1 Å². The summed E-state index contributed by atoms with van der Waals surface area (Å²) in [5, 5.41) is 4.58. The van der Waals surface area contributed by atoms with Gasteiger partial charge in [0.15, 0.2) is 6.61 Å². The Bertz CT molecular complexity index is 979. The van der Waals surface area contributed by atoms with E-state index in [1.807, 2.05) is 17.5 Å². The predicted octanol–water partition coefficient (Wildman–Crippen LogP) is 1.64. The third kappa shape index (κ3) is 6.23. The summed E-state index contributed by atoms with van der Waals surface area (Å²) >= 11 is 1.53. The van der Waals surface area contributed by atoms with Crippen LogP contribution in [0.25, 0.3) is 6.08 Å². The summed E-state index contributed by atoms with van der Waals surface area (Å²) in [6.07, 6.45) is 2.69. The molecule has 2 heterocycles. The molecule has 1 amide bonds. The number of nitrogens with zero attached hydrogens (tertiary/aromatic N) is 1. The molecule has 1 aliphatic heterocycles. The van der Waals surface area contributed by atoms with Crippen molar-refractivity contribution in [1.82, 2.24) is 9.62 Å². The summed E-state index contributed by atoms with van der Waals surface area (Å²) in [7, 11) is -3.56. The lowest BCUT2D eigenvalue weighted by Gasteiger charge is -2.26. The average molecular weight is 451 g/mol. The first-order valence-corrected chi connectivity index (χ1v) is 11.6. The highest BCUT2D eigenvalue weighted by Crippen LogP contribution is 2.18. The number of carbonyl (C=O) groups is 2. The summed E-state index contributed by atoms with van der Waals surface area (Å²) < 4.78 is 36.6. The Balaban J connectivity index is 1.47. The molecule has 160 valence electrons. The number of hydrogen-bond donors (Lipinski definition) is 1. The smallest absolute Gasteiger partial charge is 0.331 e. The summed E-state index contributed by atoms with van der Waals surface area (Å²) in [5.74, 6) is -1.05. The fourth-order valence-corrected chi connectivity index (χ4v) is 4.74. The zero-order valence-corrected chi connectivity index (χ0v) is 17.8.